The zero-order chi connectivity index (χ0) is 13.8. The van der Waals surface area contributed by atoms with Crippen LogP contribution < -0.4 is 10.6 Å². The van der Waals surface area contributed by atoms with E-state index in [9.17, 15) is 9.90 Å². The molecule has 0 atom stereocenters. The smallest absolute Gasteiger partial charge is 0.318 e. The molecule has 0 heterocycles. The molecule has 4 heteroatoms. The van der Waals surface area contributed by atoms with E-state index in [-0.39, 0.29) is 6.03 Å². The maximum atomic E-state index is 11.2. The van der Waals surface area contributed by atoms with Crippen LogP contribution in [0.2, 0.25) is 0 Å². The van der Waals surface area contributed by atoms with Crippen molar-refractivity contribution in [3.05, 3.63) is 29.3 Å². The van der Waals surface area contributed by atoms with Crippen molar-refractivity contribution in [3.63, 3.8) is 0 Å². The van der Waals surface area contributed by atoms with E-state index in [1.165, 1.54) is 0 Å². The molecule has 0 aliphatic carbocycles. The number of amides is 2. The Morgan fingerprint density at radius 2 is 2.06 bits per heavy atom. The predicted octanol–water partition coefficient (Wildman–Crippen LogP) is 1.87. The number of hydrogen-bond acceptors (Lipinski definition) is 2. The van der Waals surface area contributed by atoms with E-state index in [1.807, 2.05) is 13.0 Å². The topological polar surface area (TPSA) is 61.4 Å². The maximum Gasteiger partial charge on any atom is 0.318 e. The van der Waals surface area contributed by atoms with Crippen molar-refractivity contribution < 1.29 is 9.90 Å². The molecular weight excluding hydrogens is 228 g/mol. The number of hydrogen-bond donors (Lipinski definition) is 3. The first-order valence-electron chi connectivity index (χ1n) is 5.67. The second-order valence-corrected chi connectivity index (χ2v) is 4.54. The molecule has 3 N–H and O–H groups in total. The summed E-state index contributed by atoms with van der Waals surface area (Å²) in [5, 5.41) is 14.7. The Morgan fingerprint density at radius 1 is 1.39 bits per heavy atom. The van der Waals surface area contributed by atoms with Gasteiger partial charge in [-0.3, -0.25) is 0 Å². The number of carbonyl (C=O) groups excluding carboxylic acids is 1. The highest BCUT2D eigenvalue weighted by Gasteiger charge is 2.07. The van der Waals surface area contributed by atoms with E-state index in [0.29, 0.717) is 5.69 Å². The van der Waals surface area contributed by atoms with Crippen LogP contribution in [0, 0.1) is 18.8 Å². The SMILES string of the molecule is CNC(=O)Nc1ccc(C)c(C#CC(C)(C)O)c1. The minimum absolute atomic E-state index is 0.278. The molecule has 96 valence electrons. The number of nitrogens with one attached hydrogen (secondary N) is 2. The van der Waals surface area contributed by atoms with Gasteiger partial charge in [0.25, 0.3) is 0 Å². The lowest BCUT2D eigenvalue weighted by molar-refractivity contribution is 0.143. The van der Waals surface area contributed by atoms with Gasteiger partial charge in [-0.05, 0) is 38.5 Å². The van der Waals surface area contributed by atoms with Crippen molar-refractivity contribution in [3.8, 4) is 11.8 Å². The highest BCUT2D eigenvalue weighted by atomic mass is 16.3. The first kappa shape index (κ1) is 14.1. The second-order valence-electron chi connectivity index (χ2n) is 4.54. The molecule has 0 saturated heterocycles. The molecular formula is C14H18N2O2. The summed E-state index contributed by atoms with van der Waals surface area (Å²) in [7, 11) is 1.55. The van der Waals surface area contributed by atoms with Gasteiger partial charge in [-0.25, -0.2) is 4.79 Å². The largest absolute Gasteiger partial charge is 0.378 e. The highest BCUT2D eigenvalue weighted by molar-refractivity contribution is 5.89. The molecule has 1 aromatic rings. The fourth-order valence-electron chi connectivity index (χ4n) is 1.25. The molecule has 0 fully saturated rings. The van der Waals surface area contributed by atoms with Gasteiger partial charge in [-0.2, -0.15) is 0 Å². The van der Waals surface area contributed by atoms with Crippen LogP contribution >= 0.6 is 0 Å². The molecule has 0 aromatic heterocycles. The van der Waals surface area contributed by atoms with E-state index in [1.54, 1.807) is 33.0 Å². The van der Waals surface area contributed by atoms with Crippen molar-refractivity contribution >= 4 is 11.7 Å². The molecule has 0 bridgehead atoms. The van der Waals surface area contributed by atoms with E-state index >= 15 is 0 Å². The van der Waals surface area contributed by atoms with Crippen molar-refractivity contribution in [1.29, 1.82) is 0 Å². The van der Waals surface area contributed by atoms with Crippen LogP contribution in [0.1, 0.15) is 25.0 Å². The Balaban J connectivity index is 3.01. The van der Waals surface area contributed by atoms with Gasteiger partial charge in [0.2, 0.25) is 0 Å². The van der Waals surface area contributed by atoms with Crippen molar-refractivity contribution in [1.82, 2.24) is 5.32 Å². The van der Waals surface area contributed by atoms with Crippen LogP contribution in [0.15, 0.2) is 18.2 Å². The first-order chi connectivity index (χ1) is 8.31. The fourth-order valence-corrected chi connectivity index (χ4v) is 1.25. The van der Waals surface area contributed by atoms with Gasteiger partial charge in [0.05, 0.1) is 0 Å². The summed E-state index contributed by atoms with van der Waals surface area (Å²) in [4.78, 5) is 11.2. The average molecular weight is 246 g/mol. The monoisotopic (exact) mass is 246 g/mol. The zero-order valence-electron chi connectivity index (χ0n) is 11.1. The van der Waals surface area contributed by atoms with Crippen LogP contribution in [0.5, 0.6) is 0 Å². The molecule has 2 amide bonds. The van der Waals surface area contributed by atoms with Crippen molar-refractivity contribution in [2.24, 2.45) is 0 Å². The van der Waals surface area contributed by atoms with E-state index < -0.39 is 5.60 Å². The Labute approximate surface area is 107 Å². The van der Waals surface area contributed by atoms with Gasteiger partial charge in [-0.15, -0.1) is 0 Å². The first-order valence-corrected chi connectivity index (χ1v) is 5.67. The van der Waals surface area contributed by atoms with Crippen LogP contribution in [-0.4, -0.2) is 23.8 Å². The fraction of sp³-hybridized carbons (Fsp3) is 0.357. The van der Waals surface area contributed by atoms with Gasteiger partial charge in [0, 0.05) is 18.3 Å². The minimum atomic E-state index is -1.03. The average Bonchev–Trinajstić information content (AvgIpc) is 2.28. The summed E-state index contributed by atoms with van der Waals surface area (Å²) >= 11 is 0. The molecule has 0 unspecified atom stereocenters. The van der Waals surface area contributed by atoms with Gasteiger partial charge >= 0.3 is 6.03 Å². The number of anilines is 1. The van der Waals surface area contributed by atoms with E-state index in [2.05, 4.69) is 22.5 Å². The number of rotatable bonds is 1. The Kier molecular flexibility index (Phi) is 4.35. The minimum Gasteiger partial charge on any atom is -0.378 e. The lowest BCUT2D eigenvalue weighted by Crippen LogP contribution is -2.24. The lowest BCUT2D eigenvalue weighted by Gasteiger charge is -2.08. The summed E-state index contributed by atoms with van der Waals surface area (Å²) in [6, 6.07) is 5.18. The normalized spacial score (nSPS) is 10.3. The summed E-state index contributed by atoms with van der Waals surface area (Å²) in [6.07, 6.45) is 0. The number of aliphatic hydroxyl groups is 1. The zero-order valence-corrected chi connectivity index (χ0v) is 11.1. The number of urea groups is 1. The quantitative estimate of drug-likeness (QED) is 0.662. The third-order valence-corrected chi connectivity index (χ3v) is 2.23. The van der Waals surface area contributed by atoms with Crippen molar-refractivity contribution in [2.45, 2.75) is 26.4 Å². The number of benzene rings is 1. The molecule has 1 rings (SSSR count). The van der Waals surface area contributed by atoms with Gasteiger partial charge < -0.3 is 15.7 Å². The van der Waals surface area contributed by atoms with Crippen LogP contribution in [0.3, 0.4) is 0 Å². The van der Waals surface area contributed by atoms with Crippen LogP contribution in [0.4, 0.5) is 10.5 Å². The third-order valence-electron chi connectivity index (χ3n) is 2.23. The molecule has 0 aliphatic heterocycles. The standard InChI is InChI=1S/C14H18N2O2/c1-10-5-6-12(16-13(17)15-4)9-11(10)7-8-14(2,3)18/h5-6,9,18H,1-4H3,(H2,15,16,17). The summed E-state index contributed by atoms with van der Waals surface area (Å²) in [5.74, 6) is 5.66. The third kappa shape index (κ3) is 4.48. The Morgan fingerprint density at radius 3 is 2.61 bits per heavy atom. The number of carbonyl (C=O) groups is 1. The maximum absolute atomic E-state index is 11.2. The molecule has 0 aliphatic rings. The highest BCUT2D eigenvalue weighted by Crippen LogP contribution is 2.14. The number of aryl methyl sites for hydroxylation is 1. The van der Waals surface area contributed by atoms with Gasteiger partial charge in [0.15, 0.2) is 0 Å². The summed E-state index contributed by atoms with van der Waals surface area (Å²) in [6.45, 7) is 5.18. The molecule has 4 nitrogen and oxygen atoms in total. The Bertz CT molecular complexity index is 505. The second kappa shape index (κ2) is 5.56. The molecule has 0 spiro atoms. The van der Waals surface area contributed by atoms with Crippen LogP contribution in [-0.2, 0) is 0 Å². The van der Waals surface area contributed by atoms with Crippen LogP contribution in [0.25, 0.3) is 0 Å². The molecule has 1 aromatic carbocycles. The Hall–Kier alpha value is -1.99. The van der Waals surface area contributed by atoms with Gasteiger partial charge in [0.1, 0.15) is 5.60 Å². The van der Waals surface area contributed by atoms with Crippen molar-refractivity contribution in [2.75, 3.05) is 12.4 Å². The summed E-state index contributed by atoms with van der Waals surface area (Å²) in [5.41, 5.74) is 1.41. The van der Waals surface area contributed by atoms with E-state index in [0.717, 1.165) is 11.1 Å². The lowest BCUT2D eigenvalue weighted by atomic mass is 10.1. The molecule has 18 heavy (non-hydrogen) atoms. The summed E-state index contributed by atoms with van der Waals surface area (Å²) < 4.78 is 0. The van der Waals surface area contributed by atoms with E-state index in [4.69, 9.17) is 0 Å². The predicted molar refractivity (Wildman–Crippen MR) is 72.4 cm³/mol. The molecule has 0 saturated carbocycles. The van der Waals surface area contributed by atoms with Gasteiger partial charge in [-0.1, -0.05) is 17.9 Å². The molecule has 0 radical (unpaired) electrons.